The highest BCUT2D eigenvalue weighted by Crippen LogP contribution is 2.40. The summed E-state index contributed by atoms with van der Waals surface area (Å²) in [5.41, 5.74) is 3.95. The lowest BCUT2D eigenvalue weighted by molar-refractivity contribution is -0.274. The monoisotopic (exact) mass is 659 g/mol. The van der Waals surface area contributed by atoms with Gasteiger partial charge in [0, 0.05) is 42.6 Å². The molecule has 0 aliphatic carbocycles. The highest BCUT2D eigenvalue weighted by Gasteiger charge is 2.45. The van der Waals surface area contributed by atoms with E-state index < -0.39 is 12.1 Å². The molecule has 1 saturated heterocycles. The molecule has 2 aliphatic rings. The Kier molecular flexibility index (Phi) is 9.39. The third kappa shape index (κ3) is 8.01. The van der Waals surface area contributed by atoms with Crippen LogP contribution < -0.4 is 9.47 Å². The molecule has 45 heavy (non-hydrogen) atoms. The van der Waals surface area contributed by atoms with Gasteiger partial charge in [0.1, 0.15) is 24.2 Å². The van der Waals surface area contributed by atoms with Crippen molar-refractivity contribution < 1.29 is 32.1 Å². The van der Waals surface area contributed by atoms with E-state index in [1.54, 1.807) is 36.8 Å². The van der Waals surface area contributed by atoms with Crippen molar-refractivity contribution in [2.24, 2.45) is 0 Å². The van der Waals surface area contributed by atoms with Crippen molar-refractivity contribution in [3.63, 3.8) is 0 Å². The van der Waals surface area contributed by atoms with Gasteiger partial charge in [-0.15, -0.1) is 13.2 Å². The lowest BCUT2D eigenvalue weighted by atomic mass is 9.99. The SMILES string of the molecule is FC(F)(F)Oc1ccc(C=CCN2CCc3cc(OC[C@H]4CO[C@](Cn5ccnc5)(c5ccc(Cl)cc5Cl)O4)ccc3C2)cc1. The van der Waals surface area contributed by atoms with E-state index in [2.05, 4.69) is 26.8 Å². The summed E-state index contributed by atoms with van der Waals surface area (Å²) in [7, 11) is 0. The predicted molar refractivity (Wildman–Crippen MR) is 164 cm³/mol. The van der Waals surface area contributed by atoms with E-state index in [4.69, 9.17) is 37.4 Å². The van der Waals surface area contributed by atoms with E-state index >= 15 is 0 Å². The fourth-order valence-corrected chi connectivity index (χ4v) is 6.07. The van der Waals surface area contributed by atoms with Crippen LogP contribution in [0.5, 0.6) is 11.5 Å². The number of halogens is 5. The average molecular weight is 661 g/mol. The maximum Gasteiger partial charge on any atom is 0.573 e. The number of ether oxygens (including phenoxy) is 4. The molecule has 236 valence electrons. The topological polar surface area (TPSA) is 58.0 Å². The van der Waals surface area contributed by atoms with Gasteiger partial charge < -0.3 is 23.5 Å². The van der Waals surface area contributed by atoms with Crippen molar-refractivity contribution in [3.8, 4) is 11.5 Å². The van der Waals surface area contributed by atoms with Gasteiger partial charge in [-0.1, -0.05) is 59.6 Å². The van der Waals surface area contributed by atoms with E-state index in [1.165, 1.54) is 23.3 Å². The fraction of sp³-hybridized carbons (Fsp3) is 0.303. The maximum atomic E-state index is 12.4. The van der Waals surface area contributed by atoms with Crippen molar-refractivity contribution in [1.82, 2.24) is 14.5 Å². The first-order chi connectivity index (χ1) is 21.6. The minimum Gasteiger partial charge on any atom is -0.491 e. The number of nitrogens with zero attached hydrogens (tertiary/aromatic N) is 3. The quantitative estimate of drug-likeness (QED) is 0.176. The molecule has 4 aromatic rings. The molecule has 0 saturated carbocycles. The van der Waals surface area contributed by atoms with Crippen molar-refractivity contribution in [3.05, 3.63) is 118 Å². The Bertz CT molecular complexity index is 1630. The van der Waals surface area contributed by atoms with Crippen LogP contribution in [-0.4, -0.2) is 53.2 Å². The van der Waals surface area contributed by atoms with Gasteiger partial charge in [-0.25, -0.2) is 4.98 Å². The summed E-state index contributed by atoms with van der Waals surface area (Å²) in [6.07, 6.45) is 4.98. The molecule has 0 radical (unpaired) electrons. The highest BCUT2D eigenvalue weighted by atomic mass is 35.5. The average Bonchev–Trinajstić information content (AvgIpc) is 3.67. The summed E-state index contributed by atoms with van der Waals surface area (Å²) in [4.78, 5) is 6.44. The van der Waals surface area contributed by atoms with Crippen molar-refractivity contribution >= 4 is 29.3 Å². The lowest BCUT2D eigenvalue weighted by Crippen LogP contribution is -2.34. The molecular formula is C33H30Cl2F3N3O4. The lowest BCUT2D eigenvalue weighted by Gasteiger charge is -2.30. The molecule has 2 atom stereocenters. The Labute approximate surface area is 268 Å². The molecular weight excluding hydrogens is 630 g/mol. The Balaban J connectivity index is 1.03. The Morgan fingerprint density at radius 3 is 2.60 bits per heavy atom. The molecule has 0 unspecified atom stereocenters. The summed E-state index contributed by atoms with van der Waals surface area (Å²) in [6, 6.07) is 17.2. The Hall–Kier alpha value is -3.54. The Morgan fingerprint density at radius 1 is 1.02 bits per heavy atom. The van der Waals surface area contributed by atoms with E-state index in [-0.39, 0.29) is 11.9 Å². The summed E-state index contributed by atoms with van der Waals surface area (Å²) >= 11 is 12.7. The summed E-state index contributed by atoms with van der Waals surface area (Å²) in [5, 5.41) is 0.982. The fourth-order valence-electron chi connectivity index (χ4n) is 5.52. The highest BCUT2D eigenvalue weighted by molar-refractivity contribution is 6.35. The molecule has 12 heteroatoms. The zero-order chi connectivity index (χ0) is 31.4. The van der Waals surface area contributed by atoms with E-state index in [9.17, 15) is 13.2 Å². The summed E-state index contributed by atoms with van der Waals surface area (Å²) < 4.78 is 61.8. The molecule has 2 aliphatic heterocycles. The number of rotatable bonds is 10. The molecule has 0 bridgehead atoms. The number of alkyl halides is 3. The second kappa shape index (κ2) is 13.4. The largest absolute Gasteiger partial charge is 0.573 e. The molecule has 1 aromatic heterocycles. The number of benzene rings is 3. The van der Waals surface area contributed by atoms with Crippen LogP contribution in [0.2, 0.25) is 10.0 Å². The minimum absolute atomic E-state index is 0.235. The first-order valence-corrected chi connectivity index (χ1v) is 15.1. The number of aromatic nitrogens is 2. The molecule has 0 spiro atoms. The van der Waals surface area contributed by atoms with Gasteiger partial charge >= 0.3 is 6.36 Å². The third-order valence-corrected chi connectivity index (χ3v) is 8.19. The zero-order valence-corrected chi connectivity index (χ0v) is 25.6. The van der Waals surface area contributed by atoms with Crippen molar-refractivity contribution in [1.29, 1.82) is 0 Å². The van der Waals surface area contributed by atoms with E-state index in [0.717, 1.165) is 37.4 Å². The van der Waals surface area contributed by atoms with Gasteiger partial charge in [0.15, 0.2) is 0 Å². The molecule has 0 N–H and O–H groups in total. The van der Waals surface area contributed by atoms with E-state index in [1.807, 2.05) is 35.0 Å². The number of imidazole rings is 1. The van der Waals surface area contributed by atoms with Crippen molar-refractivity contribution in [2.75, 3.05) is 26.3 Å². The first-order valence-electron chi connectivity index (χ1n) is 14.4. The van der Waals surface area contributed by atoms with Crippen LogP contribution in [0.4, 0.5) is 13.2 Å². The minimum atomic E-state index is -4.70. The molecule has 3 aromatic carbocycles. The van der Waals surface area contributed by atoms with Crippen LogP contribution >= 0.6 is 23.2 Å². The predicted octanol–water partition coefficient (Wildman–Crippen LogP) is 7.51. The van der Waals surface area contributed by atoms with Crippen molar-refractivity contribution in [2.45, 2.75) is 37.8 Å². The number of hydrogen-bond donors (Lipinski definition) is 0. The molecule has 3 heterocycles. The summed E-state index contributed by atoms with van der Waals surface area (Å²) in [6.45, 7) is 3.37. The van der Waals surface area contributed by atoms with Crippen LogP contribution in [0.25, 0.3) is 6.08 Å². The molecule has 0 amide bonds. The van der Waals surface area contributed by atoms with Crippen LogP contribution in [-0.2, 0) is 34.8 Å². The van der Waals surface area contributed by atoms with Gasteiger partial charge in [-0.2, -0.15) is 0 Å². The van der Waals surface area contributed by atoms with Gasteiger partial charge in [0.05, 0.1) is 24.5 Å². The molecule has 6 rings (SSSR count). The smallest absolute Gasteiger partial charge is 0.491 e. The number of hydrogen-bond acceptors (Lipinski definition) is 6. The van der Waals surface area contributed by atoms with Crippen LogP contribution in [0, 0.1) is 0 Å². The van der Waals surface area contributed by atoms with Gasteiger partial charge in [0.2, 0.25) is 5.79 Å². The van der Waals surface area contributed by atoms with Gasteiger partial charge in [0.25, 0.3) is 0 Å². The van der Waals surface area contributed by atoms with Crippen LogP contribution in [0.3, 0.4) is 0 Å². The third-order valence-electron chi connectivity index (χ3n) is 7.64. The number of fused-ring (bicyclic) bond motifs is 1. The maximum absolute atomic E-state index is 12.4. The normalized spacial score (nSPS) is 20.4. The molecule has 1 fully saturated rings. The second-order valence-corrected chi connectivity index (χ2v) is 11.8. The standard InChI is InChI=1S/C33H30Cl2F3N3O4/c34-26-6-10-30(31(35)17-26)32(21-41-15-12-39-22-41)43-20-29(44-32)19-42-28-9-5-25-18-40(14-11-24(25)16-28)13-1-2-23-3-7-27(8-4-23)45-33(36,37)38/h1-10,12,15-17,22,29H,11,13-14,18-21H2/t29-,32-/m0/s1. The second-order valence-electron chi connectivity index (χ2n) is 10.9. The van der Waals surface area contributed by atoms with Crippen LogP contribution in [0.15, 0.2) is 85.5 Å². The van der Waals surface area contributed by atoms with Crippen LogP contribution in [0.1, 0.15) is 22.3 Å². The molecule has 7 nitrogen and oxygen atoms in total. The van der Waals surface area contributed by atoms with Gasteiger partial charge in [-0.05, 0) is 59.5 Å². The zero-order valence-electron chi connectivity index (χ0n) is 24.1. The first kappa shape index (κ1) is 31.4. The van der Waals surface area contributed by atoms with E-state index in [0.29, 0.717) is 35.4 Å². The Morgan fingerprint density at radius 2 is 1.84 bits per heavy atom. The summed E-state index contributed by atoms with van der Waals surface area (Å²) in [5.74, 6) is -0.587. The van der Waals surface area contributed by atoms with Gasteiger partial charge in [-0.3, -0.25) is 4.90 Å².